The van der Waals surface area contributed by atoms with E-state index in [0.717, 1.165) is 33.9 Å². The average Bonchev–Trinajstić information content (AvgIpc) is 3.45. The molecule has 3 aromatic carbocycles. The molecular weight excluding hydrogens is 394 g/mol. The summed E-state index contributed by atoms with van der Waals surface area (Å²) in [5.74, 6) is -0.154. The summed E-state index contributed by atoms with van der Waals surface area (Å²) in [5.41, 5.74) is 4.38. The lowest BCUT2D eigenvalue weighted by atomic mass is 10.1. The topological polar surface area (TPSA) is 72.7 Å². The van der Waals surface area contributed by atoms with Crippen LogP contribution >= 0.6 is 11.3 Å². The lowest BCUT2D eigenvalue weighted by Gasteiger charge is -2.07. The van der Waals surface area contributed by atoms with Crippen LogP contribution in [0.2, 0.25) is 0 Å². The van der Waals surface area contributed by atoms with Crippen molar-refractivity contribution in [3.05, 3.63) is 102 Å². The maximum absolute atomic E-state index is 12.5. The smallest absolute Gasteiger partial charge is 0.255 e. The minimum Gasteiger partial charge on any atom is -0.322 e. The number of fused-ring (bicyclic) bond motifs is 1. The maximum atomic E-state index is 12.5. The SMILES string of the molecule is O=C(Nc1ccc(Cc2nc3ccccc3s2)cc1)c1ccc(-n2cncn2)cc1. The van der Waals surface area contributed by atoms with Crippen LogP contribution in [0.3, 0.4) is 0 Å². The molecule has 7 heteroatoms. The third-order valence-electron chi connectivity index (χ3n) is 4.72. The summed E-state index contributed by atoms with van der Waals surface area (Å²) in [6.45, 7) is 0. The fourth-order valence-electron chi connectivity index (χ4n) is 3.19. The Hall–Kier alpha value is -3.84. The van der Waals surface area contributed by atoms with Crippen molar-refractivity contribution in [1.82, 2.24) is 19.7 Å². The van der Waals surface area contributed by atoms with Crippen LogP contribution in [0.1, 0.15) is 20.9 Å². The second kappa shape index (κ2) is 7.88. The number of thiazole rings is 1. The highest BCUT2D eigenvalue weighted by atomic mass is 32.1. The van der Waals surface area contributed by atoms with Crippen molar-refractivity contribution in [3.8, 4) is 5.69 Å². The Morgan fingerprint density at radius 1 is 0.967 bits per heavy atom. The molecule has 0 aliphatic heterocycles. The van der Waals surface area contributed by atoms with Gasteiger partial charge in [0.15, 0.2) is 0 Å². The molecule has 30 heavy (non-hydrogen) atoms. The van der Waals surface area contributed by atoms with E-state index >= 15 is 0 Å². The Kier molecular flexibility index (Phi) is 4.78. The van der Waals surface area contributed by atoms with Gasteiger partial charge in [0.2, 0.25) is 0 Å². The minimum atomic E-state index is -0.154. The fraction of sp³-hybridized carbons (Fsp3) is 0.0435. The maximum Gasteiger partial charge on any atom is 0.255 e. The van der Waals surface area contributed by atoms with Gasteiger partial charge in [0.25, 0.3) is 5.91 Å². The number of hydrogen-bond donors (Lipinski definition) is 1. The first kappa shape index (κ1) is 18.2. The fourth-order valence-corrected chi connectivity index (χ4v) is 4.19. The summed E-state index contributed by atoms with van der Waals surface area (Å²) in [4.78, 5) is 21.1. The molecule has 5 aromatic rings. The van der Waals surface area contributed by atoms with Gasteiger partial charge in [-0.05, 0) is 54.1 Å². The zero-order chi connectivity index (χ0) is 20.3. The van der Waals surface area contributed by atoms with E-state index in [1.54, 1.807) is 34.5 Å². The van der Waals surface area contributed by atoms with Crippen LogP contribution in [0.4, 0.5) is 5.69 Å². The van der Waals surface area contributed by atoms with E-state index in [1.807, 2.05) is 54.6 Å². The van der Waals surface area contributed by atoms with Crippen LogP contribution in [-0.4, -0.2) is 25.7 Å². The van der Waals surface area contributed by atoms with Crippen molar-refractivity contribution in [2.45, 2.75) is 6.42 Å². The van der Waals surface area contributed by atoms with E-state index < -0.39 is 0 Å². The van der Waals surface area contributed by atoms with Crippen LogP contribution < -0.4 is 5.32 Å². The van der Waals surface area contributed by atoms with Gasteiger partial charge in [0.05, 0.1) is 20.9 Å². The summed E-state index contributed by atoms with van der Waals surface area (Å²) in [6, 6.07) is 23.3. The van der Waals surface area contributed by atoms with Crippen molar-refractivity contribution in [1.29, 1.82) is 0 Å². The lowest BCUT2D eigenvalue weighted by molar-refractivity contribution is 0.102. The Morgan fingerprint density at radius 2 is 1.77 bits per heavy atom. The second-order valence-electron chi connectivity index (χ2n) is 6.79. The number of anilines is 1. The molecule has 0 aliphatic rings. The Labute approximate surface area is 176 Å². The number of nitrogens with one attached hydrogen (secondary N) is 1. The van der Waals surface area contributed by atoms with Gasteiger partial charge < -0.3 is 5.32 Å². The Morgan fingerprint density at radius 3 is 2.50 bits per heavy atom. The zero-order valence-corrected chi connectivity index (χ0v) is 16.7. The summed E-state index contributed by atoms with van der Waals surface area (Å²) < 4.78 is 2.84. The molecule has 0 saturated heterocycles. The minimum absolute atomic E-state index is 0.154. The molecule has 0 unspecified atom stereocenters. The third kappa shape index (κ3) is 3.83. The molecule has 0 atom stereocenters. The van der Waals surface area contributed by atoms with Crippen molar-refractivity contribution < 1.29 is 4.79 Å². The molecule has 1 amide bonds. The van der Waals surface area contributed by atoms with Crippen LogP contribution in [-0.2, 0) is 6.42 Å². The van der Waals surface area contributed by atoms with E-state index in [9.17, 15) is 4.79 Å². The number of nitrogens with zero attached hydrogens (tertiary/aromatic N) is 4. The van der Waals surface area contributed by atoms with Gasteiger partial charge in [-0.15, -0.1) is 11.3 Å². The standard InChI is InChI=1S/C23H17N5OS/c29-23(17-7-11-19(12-8-17)28-15-24-14-25-28)26-18-9-5-16(6-10-18)13-22-27-20-3-1-2-4-21(20)30-22/h1-12,14-15H,13H2,(H,26,29). The summed E-state index contributed by atoms with van der Waals surface area (Å²) in [7, 11) is 0. The monoisotopic (exact) mass is 411 g/mol. The average molecular weight is 411 g/mol. The number of rotatable bonds is 5. The molecule has 146 valence electrons. The molecule has 2 aromatic heterocycles. The molecule has 5 rings (SSSR count). The van der Waals surface area contributed by atoms with Crippen molar-refractivity contribution >= 4 is 33.1 Å². The molecular formula is C23H17N5OS. The van der Waals surface area contributed by atoms with Gasteiger partial charge in [0.1, 0.15) is 12.7 Å². The molecule has 0 fully saturated rings. The van der Waals surface area contributed by atoms with Crippen LogP contribution in [0.15, 0.2) is 85.5 Å². The first-order chi connectivity index (χ1) is 14.7. The highest BCUT2D eigenvalue weighted by Crippen LogP contribution is 2.24. The predicted octanol–water partition coefficient (Wildman–Crippen LogP) is 4.72. The number of para-hydroxylation sites is 1. The largest absolute Gasteiger partial charge is 0.322 e. The number of benzene rings is 3. The lowest BCUT2D eigenvalue weighted by Crippen LogP contribution is -2.12. The first-order valence-electron chi connectivity index (χ1n) is 9.44. The van der Waals surface area contributed by atoms with Crippen LogP contribution in [0.5, 0.6) is 0 Å². The molecule has 1 N–H and O–H groups in total. The molecule has 6 nitrogen and oxygen atoms in total. The summed E-state index contributed by atoms with van der Waals surface area (Å²) >= 11 is 1.71. The molecule has 0 saturated carbocycles. The normalized spacial score (nSPS) is 10.9. The quantitative estimate of drug-likeness (QED) is 0.454. The molecule has 0 spiro atoms. The van der Waals surface area contributed by atoms with Gasteiger partial charge in [0, 0.05) is 17.7 Å². The van der Waals surface area contributed by atoms with Gasteiger partial charge >= 0.3 is 0 Å². The Balaban J connectivity index is 1.24. The second-order valence-corrected chi connectivity index (χ2v) is 7.91. The van der Waals surface area contributed by atoms with Crippen LogP contribution in [0.25, 0.3) is 15.9 Å². The third-order valence-corrected chi connectivity index (χ3v) is 5.75. The van der Waals surface area contributed by atoms with E-state index in [4.69, 9.17) is 0 Å². The summed E-state index contributed by atoms with van der Waals surface area (Å²) in [6.07, 6.45) is 3.86. The number of aromatic nitrogens is 4. The van der Waals surface area contributed by atoms with Gasteiger partial charge in [-0.2, -0.15) is 5.10 Å². The van der Waals surface area contributed by atoms with Crippen molar-refractivity contribution in [3.63, 3.8) is 0 Å². The predicted molar refractivity (Wildman–Crippen MR) is 118 cm³/mol. The number of hydrogen-bond acceptors (Lipinski definition) is 5. The van der Waals surface area contributed by atoms with E-state index in [-0.39, 0.29) is 5.91 Å². The van der Waals surface area contributed by atoms with Gasteiger partial charge in [-0.3, -0.25) is 4.79 Å². The summed E-state index contributed by atoms with van der Waals surface area (Å²) in [5, 5.41) is 8.10. The number of amides is 1. The van der Waals surface area contributed by atoms with Crippen molar-refractivity contribution in [2.75, 3.05) is 5.32 Å². The number of carbonyl (C=O) groups is 1. The highest BCUT2D eigenvalue weighted by molar-refractivity contribution is 7.18. The number of carbonyl (C=O) groups excluding carboxylic acids is 1. The molecule has 2 heterocycles. The first-order valence-corrected chi connectivity index (χ1v) is 10.3. The van der Waals surface area contributed by atoms with Crippen LogP contribution in [0, 0.1) is 0 Å². The van der Waals surface area contributed by atoms with E-state index in [2.05, 4.69) is 26.4 Å². The van der Waals surface area contributed by atoms with E-state index in [0.29, 0.717) is 5.56 Å². The molecule has 0 aliphatic carbocycles. The highest BCUT2D eigenvalue weighted by Gasteiger charge is 2.08. The van der Waals surface area contributed by atoms with Crippen molar-refractivity contribution in [2.24, 2.45) is 0 Å². The molecule has 0 bridgehead atoms. The molecule has 0 radical (unpaired) electrons. The van der Waals surface area contributed by atoms with E-state index in [1.165, 1.54) is 11.0 Å². The zero-order valence-electron chi connectivity index (χ0n) is 15.9. The van der Waals surface area contributed by atoms with Gasteiger partial charge in [-0.25, -0.2) is 14.6 Å². The van der Waals surface area contributed by atoms with Gasteiger partial charge in [-0.1, -0.05) is 24.3 Å². The Bertz CT molecular complexity index is 1260.